The summed E-state index contributed by atoms with van der Waals surface area (Å²) in [6, 6.07) is 2.91. The van der Waals surface area contributed by atoms with E-state index in [4.69, 9.17) is 0 Å². The first kappa shape index (κ1) is 12.6. The molecular formula is C15H24N2. The van der Waals surface area contributed by atoms with Gasteiger partial charge >= 0.3 is 0 Å². The van der Waals surface area contributed by atoms with Crippen LogP contribution in [0.5, 0.6) is 0 Å². The summed E-state index contributed by atoms with van der Waals surface area (Å²) in [5.41, 5.74) is 2.74. The maximum absolute atomic E-state index is 4.16. The molecule has 1 unspecified atom stereocenters. The van der Waals surface area contributed by atoms with E-state index in [0.29, 0.717) is 5.92 Å². The van der Waals surface area contributed by atoms with Gasteiger partial charge in [0.1, 0.15) is 0 Å². The van der Waals surface area contributed by atoms with Crippen LogP contribution in [0.1, 0.15) is 56.1 Å². The van der Waals surface area contributed by atoms with Gasteiger partial charge in [-0.2, -0.15) is 0 Å². The van der Waals surface area contributed by atoms with Crippen molar-refractivity contribution in [1.82, 2.24) is 10.3 Å². The molecule has 1 saturated carbocycles. The molecule has 17 heavy (non-hydrogen) atoms. The van der Waals surface area contributed by atoms with E-state index in [1.807, 2.05) is 12.4 Å². The molecule has 1 aromatic rings. The topological polar surface area (TPSA) is 24.9 Å². The molecule has 0 bridgehead atoms. The largest absolute Gasteiger partial charge is 0.313 e. The van der Waals surface area contributed by atoms with E-state index in [2.05, 4.69) is 30.2 Å². The lowest BCUT2D eigenvalue weighted by atomic mass is 9.93. The van der Waals surface area contributed by atoms with Gasteiger partial charge in [0.2, 0.25) is 0 Å². The van der Waals surface area contributed by atoms with E-state index in [1.54, 1.807) is 0 Å². The van der Waals surface area contributed by atoms with Crippen molar-refractivity contribution in [3.63, 3.8) is 0 Å². The Bertz CT molecular complexity index is 343. The molecule has 0 saturated heterocycles. The van der Waals surface area contributed by atoms with E-state index in [-0.39, 0.29) is 0 Å². The Morgan fingerprint density at radius 2 is 2.12 bits per heavy atom. The van der Waals surface area contributed by atoms with Gasteiger partial charge in [0.15, 0.2) is 0 Å². The van der Waals surface area contributed by atoms with Crippen molar-refractivity contribution in [3.05, 3.63) is 29.6 Å². The van der Waals surface area contributed by atoms with E-state index in [1.165, 1.54) is 43.2 Å². The van der Waals surface area contributed by atoms with Gasteiger partial charge in [-0.15, -0.1) is 0 Å². The average Bonchev–Trinajstić information content (AvgIpc) is 2.38. The zero-order valence-corrected chi connectivity index (χ0v) is 11.1. The Morgan fingerprint density at radius 1 is 1.35 bits per heavy atom. The maximum Gasteiger partial charge on any atom is 0.0299 e. The molecular weight excluding hydrogens is 208 g/mol. The number of hydrogen-bond donors (Lipinski definition) is 1. The number of pyridine rings is 1. The predicted molar refractivity (Wildman–Crippen MR) is 72.3 cm³/mol. The minimum atomic E-state index is 0.583. The van der Waals surface area contributed by atoms with Crippen molar-refractivity contribution < 1.29 is 0 Å². The standard InChI is InChI=1S/C15H24N2/c1-12-10-16-9-8-15(12)13(2)11-17-14-6-4-3-5-7-14/h8-10,13-14,17H,3-7,11H2,1-2H3. The summed E-state index contributed by atoms with van der Waals surface area (Å²) < 4.78 is 0. The van der Waals surface area contributed by atoms with Crippen LogP contribution in [0, 0.1) is 6.92 Å². The highest BCUT2D eigenvalue weighted by Gasteiger charge is 2.14. The number of aromatic nitrogens is 1. The highest BCUT2D eigenvalue weighted by molar-refractivity contribution is 5.25. The lowest BCUT2D eigenvalue weighted by molar-refractivity contribution is 0.367. The summed E-state index contributed by atoms with van der Waals surface area (Å²) in [6.45, 7) is 5.55. The molecule has 1 N–H and O–H groups in total. The number of hydrogen-bond acceptors (Lipinski definition) is 2. The molecule has 1 aromatic heterocycles. The summed E-state index contributed by atoms with van der Waals surface area (Å²) in [5.74, 6) is 0.583. The van der Waals surface area contributed by atoms with Crippen molar-refractivity contribution in [2.45, 2.75) is 57.9 Å². The Balaban J connectivity index is 1.84. The molecule has 1 aliphatic carbocycles. The number of nitrogens with one attached hydrogen (secondary N) is 1. The molecule has 2 heteroatoms. The van der Waals surface area contributed by atoms with Crippen molar-refractivity contribution in [2.75, 3.05) is 6.54 Å². The van der Waals surface area contributed by atoms with Crippen LogP contribution in [-0.2, 0) is 0 Å². The molecule has 2 nitrogen and oxygen atoms in total. The Morgan fingerprint density at radius 3 is 2.82 bits per heavy atom. The van der Waals surface area contributed by atoms with Crippen LogP contribution in [0.4, 0.5) is 0 Å². The Kier molecular flexibility index (Phi) is 4.55. The maximum atomic E-state index is 4.16. The van der Waals surface area contributed by atoms with Crippen LogP contribution >= 0.6 is 0 Å². The zero-order chi connectivity index (χ0) is 12.1. The summed E-state index contributed by atoms with van der Waals surface area (Å²) in [4.78, 5) is 4.16. The van der Waals surface area contributed by atoms with Crippen molar-refractivity contribution in [2.24, 2.45) is 0 Å². The average molecular weight is 232 g/mol. The van der Waals surface area contributed by atoms with Crippen LogP contribution in [0.2, 0.25) is 0 Å². The third kappa shape index (κ3) is 3.53. The fourth-order valence-electron chi connectivity index (χ4n) is 2.80. The van der Waals surface area contributed by atoms with Gasteiger partial charge in [0, 0.05) is 25.0 Å². The SMILES string of the molecule is Cc1cnccc1C(C)CNC1CCCCC1. The van der Waals surface area contributed by atoms with Gasteiger partial charge in [-0.25, -0.2) is 0 Å². The van der Waals surface area contributed by atoms with Crippen LogP contribution in [-0.4, -0.2) is 17.6 Å². The van der Waals surface area contributed by atoms with Crippen molar-refractivity contribution in [1.29, 1.82) is 0 Å². The van der Waals surface area contributed by atoms with Gasteiger partial charge in [0.05, 0.1) is 0 Å². The van der Waals surface area contributed by atoms with Crippen LogP contribution < -0.4 is 5.32 Å². The molecule has 1 fully saturated rings. The second kappa shape index (κ2) is 6.15. The molecule has 1 aliphatic rings. The van der Waals surface area contributed by atoms with Crippen LogP contribution in [0.3, 0.4) is 0 Å². The van der Waals surface area contributed by atoms with Gasteiger partial charge in [-0.1, -0.05) is 26.2 Å². The molecule has 0 radical (unpaired) electrons. The molecule has 94 valence electrons. The number of rotatable bonds is 4. The third-order valence-electron chi connectivity index (χ3n) is 3.91. The molecule has 0 aliphatic heterocycles. The lowest BCUT2D eigenvalue weighted by Crippen LogP contribution is -2.33. The van der Waals surface area contributed by atoms with Crippen molar-refractivity contribution in [3.8, 4) is 0 Å². The van der Waals surface area contributed by atoms with E-state index in [0.717, 1.165) is 12.6 Å². The number of aryl methyl sites for hydroxylation is 1. The minimum Gasteiger partial charge on any atom is -0.313 e. The summed E-state index contributed by atoms with van der Waals surface area (Å²) in [5, 5.41) is 3.73. The molecule has 0 aromatic carbocycles. The predicted octanol–water partition coefficient (Wildman–Crippen LogP) is 3.42. The van der Waals surface area contributed by atoms with Gasteiger partial charge in [-0.05, 0) is 42.9 Å². The fraction of sp³-hybridized carbons (Fsp3) is 0.667. The first-order valence-corrected chi connectivity index (χ1v) is 6.91. The van der Waals surface area contributed by atoms with E-state index in [9.17, 15) is 0 Å². The van der Waals surface area contributed by atoms with E-state index >= 15 is 0 Å². The lowest BCUT2D eigenvalue weighted by Gasteiger charge is -2.25. The van der Waals surface area contributed by atoms with Gasteiger partial charge < -0.3 is 5.32 Å². The van der Waals surface area contributed by atoms with Gasteiger partial charge in [0.25, 0.3) is 0 Å². The second-order valence-corrected chi connectivity index (χ2v) is 5.38. The monoisotopic (exact) mass is 232 g/mol. The smallest absolute Gasteiger partial charge is 0.0299 e. The third-order valence-corrected chi connectivity index (χ3v) is 3.91. The molecule has 0 amide bonds. The fourth-order valence-corrected chi connectivity index (χ4v) is 2.80. The summed E-state index contributed by atoms with van der Waals surface area (Å²) in [7, 11) is 0. The molecule has 1 heterocycles. The first-order chi connectivity index (χ1) is 8.27. The Labute approximate surface area is 105 Å². The Hall–Kier alpha value is -0.890. The second-order valence-electron chi connectivity index (χ2n) is 5.38. The summed E-state index contributed by atoms with van der Waals surface area (Å²) >= 11 is 0. The minimum absolute atomic E-state index is 0.583. The van der Waals surface area contributed by atoms with Crippen molar-refractivity contribution >= 4 is 0 Å². The highest BCUT2D eigenvalue weighted by Crippen LogP contribution is 2.20. The molecule has 1 atom stereocenters. The van der Waals surface area contributed by atoms with E-state index < -0.39 is 0 Å². The molecule has 2 rings (SSSR count). The quantitative estimate of drug-likeness (QED) is 0.860. The van der Waals surface area contributed by atoms with Crippen LogP contribution in [0.25, 0.3) is 0 Å². The van der Waals surface area contributed by atoms with Gasteiger partial charge in [-0.3, -0.25) is 4.98 Å². The normalized spacial score (nSPS) is 19.2. The first-order valence-electron chi connectivity index (χ1n) is 6.91. The highest BCUT2D eigenvalue weighted by atomic mass is 14.9. The molecule has 0 spiro atoms. The van der Waals surface area contributed by atoms with Crippen LogP contribution in [0.15, 0.2) is 18.5 Å². The summed E-state index contributed by atoms with van der Waals surface area (Å²) in [6.07, 6.45) is 10.8. The zero-order valence-electron chi connectivity index (χ0n) is 11.1. The number of nitrogens with zero attached hydrogens (tertiary/aromatic N) is 1.